The number of nitrogens with one attached hydrogen (secondary N) is 2. The van der Waals surface area contributed by atoms with Crippen LogP contribution in [-0.2, 0) is 20.7 Å². The Morgan fingerprint density at radius 3 is 2.92 bits per heavy atom. The fraction of sp³-hybridized carbons (Fsp3) is 0.684. The van der Waals surface area contributed by atoms with Gasteiger partial charge in [-0.1, -0.05) is 0 Å². The number of carbonyl (C=O) groups excluding carboxylic acids is 2. The van der Waals surface area contributed by atoms with E-state index in [1.807, 2.05) is 23.2 Å². The van der Waals surface area contributed by atoms with E-state index in [0.717, 1.165) is 18.7 Å². The van der Waals surface area contributed by atoms with Gasteiger partial charge in [-0.25, -0.2) is 0 Å². The lowest BCUT2D eigenvalue weighted by molar-refractivity contribution is -0.141. The van der Waals surface area contributed by atoms with Gasteiger partial charge < -0.3 is 19.9 Å². The van der Waals surface area contributed by atoms with E-state index in [4.69, 9.17) is 4.74 Å². The molecule has 3 aliphatic rings. The number of aryl methyl sites for hydroxylation is 1. The van der Waals surface area contributed by atoms with Crippen LogP contribution in [0.1, 0.15) is 31.4 Å². The first-order valence-corrected chi connectivity index (χ1v) is 9.50. The third-order valence-corrected chi connectivity index (χ3v) is 5.82. The first kappa shape index (κ1) is 16.6. The SMILES string of the molecule is O=C(NCC1CC1)[C@@H]1CN(C(=O)CCc2ccc[nH]2)C[C@H]2OCC[C@H]21. The maximum atomic E-state index is 12.7. The normalized spacial score (nSPS) is 28.6. The van der Waals surface area contributed by atoms with Gasteiger partial charge in [0.25, 0.3) is 0 Å². The zero-order chi connectivity index (χ0) is 17.2. The average Bonchev–Trinajstić information content (AvgIpc) is 3.10. The standard InChI is InChI=1S/C19H27N3O3/c23-18(6-5-14-2-1-8-20-14)22-11-16(15-7-9-25-17(15)12-22)19(24)21-10-13-3-4-13/h1-2,8,13,15-17,20H,3-7,9-12H2,(H,21,24)/t15-,16+,17+/m0/s1. The number of hydrogen-bond donors (Lipinski definition) is 2. The van der Waals surface area contributed by atoms with Gasteiger partial charge in [-0.2, -0.15) is 0 Å². The molecule has 2 saturated heterocycles. The van der Waals surface area contributed by atoms with Crippen LogP contribution in [0.4, 0.5) is 0 Å². The van der Waals surface area contributed by atoms with Gasteiger partial charge in [-0.05, 0) is 43.7 Å². The van der Waals surface area contributed by atoms with E-state index in [0.29, 0.717) is 38.5 Å². The van der Waals surface area contributed by atoms with Gasteiger partial charge in [-0.15, -0.1) is 0 Å². The number of rotatable bonds is 6. The van der Waals surface area contributed by atoms with Crippen LogP contribution in [0.2, 0.25) is 0 Å². The molecule has 2 N–H and O–H groups in total. The van der Waals surface area contributed by atoms with Crippen LogP contribution in [0.25, 0.3) is 0 Å². The molecule has 0 unspecified atom stereocenters. The van der Waals surface area contributed by atoms with Crippen LogP contribution in [0.15, 0.2) is 18.3 Å². The fourth-order valence-electron chi connectivity index (χ4n) is 4.08. The van der Waals surface area contributed by atoms with Gasteiger partial charge in [0.1, 0.15) is 0 Å². The number of amides is 2. The van der Waals surface area contributed by atoms with Crippen molar-refractivity contribution in [1.82, 2.24) is 15.2 Å². The Morgan fingerprint density at radius 1 is 1.28 bits per heavy atom. The molecule has 1 aromatic heterocycles. The van der Waals surface area contributed by atoms with E-state index < -0.39 is 0 Å². The highest BCUT2D eigenvalue weighted by atomic mass is 16.5. The molecule has 0 radical (unpaired) electrons. The molecule has 0 bridgehead atoms. The van der Waals surface area contributed by atoms with Crippen molar-refractivity contribution in [2.45, 2.75) is 38.2 Å². The van der Waals surface area contributed by atoms with E-state index >= 15 is 0 Å². The van der Waals surface area contributed by atoms with Crippen molar-refractivity contribution in [3.8, 4) is 0 Å². The minimum atomic E-state index is -0.130. The van der Waals surface area contributed by atoms with E-state index in [1.54, 1.807) is 0 Å². The van der Waals surface area contributed by atoms with Crippen molar-refractivity contribution in [1.29, 1.82) is 0 Å². The Labute approximate surface area is 148 Å². The van der Waals surface area contributed by atoms with E-state index in [-0.39, 0.29) is 29.8 Å². The van der Waals surface area contributed by atoms with Crippen molar-refractivity contribution >= 4 is 11.8 Å². The van der Waals surface area contributed by atoms with Crippen LogP contribution < -0.4 is 5.32 Å². The summed E-state index contributed by atoms with van der Waals surface area (Å²) in [6.45, 7) is 2.64. The van der Waals surface area contributed by atoms with E-state index in [9.17, 15) is 9.59 Å². The van der Waals surface area contributed by atoms with Crippen molar-refractivity contribution in [2.24, 2.45) is 17.8 Å². The Balaban J connectivity index is 1.36. The molecule has 25 heavy (non-hydrogen) atoms. The van der Waals surface area contributed by atoms with Crippen LogP contribution in [0, 0.1) is 17.8 Å². The van der Waals surface area contributed by atoms with Crippen molar-refractivity contribution < 1.29 is 14.3 Å². The molecule has 0 aromatic carbocycles. The summed E-state index contributed by atoms with van der Waals surface area (Å²) in [4.78, 5) is 30.3. The lowest BCUT2D eigenvalue weighted by atomic mass is 9.82. The second kappa shape index (κ2) is 7.20. The van der Waals surface area contributed by atoms with Gasteiger partial charge in [-0.3, -0.25) is 9.59 Å². The summed E-state index contributed by atoms with van der Waals surface area (Å²) in [5, 5.41) is 3.10. The molecule has 1 aromatic rings. The number of piperidine rings is 1. The molecule has 4 rings (SSSR count). The van der Waals surface area contributed by atoms with E-state index in [1.165, 1.54) is 12.8 Å². The zero-order valence-corrected chi connectivity index (χ0v) is 14.6. The number of nitrogens with zero attached hydrogens (tertiary/aromatic N) is 1. The summed E-state index contributed by atoms with van der Waals surface area (Å²) in [5.41, 5.74) is 1.07. The van der Waals surface area contributed by atoms with E-state index in [2.05, 4.69) is 10.3 Å². The Hall–Kier alpha value is -1.82. The molecule has 136 valence electrons. The first-order valence-electron chi connectivity index (χ1n) is 9.50. The molecule has 3 atom stereocenters. The number of H-pyrrole nitrogens is 1. The molecule has 3 heterocycles. The highest BCUT2D eigenvalue weighted by Crippen LogP contribution is 2.34. The van der Waals surface area contributed by atoms with Gasteiger partial charge >= 0.3 is 0 Å². The van der Waals surface area contributed by atoms with Crippen LogP contribution >= 0.6 is 0 Å². The molecular formula is C19H27N3O3. The maximum Gasteiger partial charge on any atom is 0.225 e. The second-order valence-corrected chi connectivity index (χ2v) is 7.65. The zero-order valence-electron chi connectivity index (χ0n) is 14.6. The lowest BCUT2D eigenvalue weighted by Gasteiger charge is -2.39. The second-order valence-electron chi connectivity index (χ2n) is 7.65. The highest BCUT2D eigenvalue weighted by molar-refractivity contribution is 5.82. The summed E-state index contributed by atoms with van der Waals surface area (Å²) < 4.78 is 5.83. The summed E-state index contributed by atoms with van der Waals surface area (Å²) in [6.07, 6.45) is 6.44. The molecule has 6 nitrogen and oxygen atoms in total. The number of aromatic amines is 1. The molecule has 3 fully saturated rings. The highest BCUT2D eigenvalue weighted by Gasteiger charge is 2.45. The van der Waals surface area contributed by atoms with Crippen molar-refractivity contribution in [3.63, 3.8) is 0 Å². The Bertz CT molecular complexity index is 611. The quantitative estimate of drug-likeness (QED) is 0.817. The summed E-state index contributed by atoms with van der Waals surface area (Å²) in [6, 6.07) is 3.94. The van der Waals surface area contributed by atoms with Crippen molar-refractivity contribution in [2.75, 3.05) is 26.2 Å². The third-order valence-electron chi connectivity index (χ3n) is 5.82. The molecule has 1 aliphatic carbocycles. The number of likely N-dealkylation sites (tertiary alicyclic amines) is 1. The predicted molar refractivity (Wildman–Crippen MR) is 92.8 cm³/mol. The fourth-order valence-corrected chi connectivity index (χ4v) is 4.08. The Morgan fingerprint density at radius 2 is 2.16 bits per heavy atom. The number of aromatic nitrogens is 1. The maximum absolute atomic E-state index is 12.7. The van der Waals surface area contributed by atoms with Crippen LogP contribution in [0.5, 0.6) is 0 Å². The number of ether oxygens (including phenoxy) is 1. The third kappa shape index (κ3) is 3.89. The summed E-state index contributed by atoms with van der Waals surface area (Å²) >= 11 is 0. The first-order chi connectivity index (χ1) is 12.2. The monoisotopic (exact) mass is 345 g/mol. The Kier molecular flexibility index (Phi) is 4.79. The summed E-state index contributed by atoms with van der Waals surface area (Å²) in [7, 11) is 0. The molecule has 2 amide bonds. The molecule has 2 aliphatic heterocycles. The lowest BCUT2D eigenvalue weighted by Crippen LogP contribution is -2.54. The van der Waals surface area contributed by atoms with Crippen LogP contribution in [0.3, 0.4) is 0 Å². The average molecular weight is 345 g/mol. The van der Waals surface area contributed by atoms with Crippen molar-refractivity contribution in [3.05, 3.63) is 24.0 Å². The molecule has 1 saturated carbocycles. The molecule has 0 spiro atoms. The van der Waals surface area contributed by atoms with Crippen LogP contribution in [-0.4, -0.2) is 54.0 Å². The minimum Gasteiger partial charge on any atom is -0.376 e. The molecule has 6 heteroatoms. The topological polar surface area (TPSA) is 74.4 Å². The predicted octanol–water partition coefficient (Wildman–Crippen LogP) is 1.34. The number of fused-ring (bicyclic) bond motifs is 1. The number of hydrogen-bond acceptors (Lipinski definition) is 3. The van der Waals surface area contributed by atoms with Gasteiger partial charge in [0.15, 0.2) is 0 Å². The number of carbonyl (C=O) groups is 2. The van der Waals surface area contributed by atoms with Gasteiger partial charge in [0, 0.05) is 50.5 Å². The minimum absolute atomic E-state index is 0.0138. The smallest absolute Gasteiger partial charge is 0.225 e. The van der Waals surface area contributed by atoms with Gasteiger partial charge in [0.2, 0.25) is 11.8 Å². The largest absolute Gasteiger partial charge is 0.376 e. The van der Waals surface area contributed by atoms with Gasteiger partial charge in [0.05, 0.1) is 12.0 Å². The summed E-state index contributed by atoms with van der Waals surface area (Å²) in [5.74, 6) is 1.01. The molecular weight excluding hydrogens is 318 g/mol.